The Morgan fingerprint density at radius 2 is 2.24 bits per heavy atom. The number of halogens is 1. The van der Waals surface area contributed by atoms with Crippen molar-refractivity contribution >= 4 is 50.3 Å². The lowest BCUT2D eigenvalue weighted by molar-refractivity contribution is 0.747. The van der Waals surface area contributed by atoms with Crippen LogP contribution in [0.1, 0.15) is 16.7 Å². The predicted molar refractivity (Wildman–Crippen MR) is 91.4 cm³/mol. The molecule has 7 heteroatoms. The average molecular weight is 339 g/mol. The molecular weight excluding hydrogens is 324 g/mol. The van der Waals surface area contributed by atoms with Crippen LogP contribution in [-0.2, 0) is 13.0 Å². The van der Waals surface area contributed by atoms with Gasteiger partial charge in [-0.15, -0.1) is 22.7 Å². The van der Waals surface area contributed by atoms with Crippen molar-refractivity contribution in [3.8, 4) is 0 Å². The van der Waals surface area contributed by atoms with Crippen molar-refractivity contribution in [2.45, 2.75) is 25.9 Å². The average Bonchev–Trinajstić information content (AvgIpc) is 3.03. The Morgan fingerprint density at radius 3 is 2.95 bits per heavy atom. The van der Waals surface area contributed by atoms with Gasteiger partial charge in [-0.05, 0) is 42.5 Å². The van der Waals surface area contributed by atoms with Gasteiger partial charge in [-0.25, -0.2) is 4.98 Å². The van der Waals surface area contributed by atoms with Crippen molar-refractivity contribution in [1.29, 1.82) is 0 Å². The lowest BCUT2D eigenvalue weighted by Gasteiger charge is -2.05. The maximum atomic E-state index is 6.02. The summed E-state index contributed by atoms with van der Waals surface area (Å²) in [6.45, 7) is 2.74. The minimum atomic E-state index is 0.129. The zero-order valence-electron chi connectivity index (χ0n) is 11.5. The molecule has 3 heterocycles. The highest BCUT2D eigenvalue weighted by Crippen LogP contribution is 2.31. The Hall–Kier alpha value is -1.21. The first-order chi connectivity index (χ1) is 10.1. The molecule has 110 valence electrons. The maximum Gasteiger partial charge on any atom is 0.224 e. The van der Waals surface area contributed by atoms with Crippen LogP contribution in [0.3, 0.4) is 0 Å². The highest BCUT2D eigenvalue weighted by Gasteiger charge is 2.12. The standard InChI is InChI=1S/C14H15ClN4S2/c1-8(16)5-10-6-11-12(21-10)13(19-14(15)18-11)17-7-9-3-2-4-20-9/h2-4,6,8H,5,7,16H2,1H3,(H,17,18,19). The lowest BCUT2D eigenvalue weighted by Crippen LogP contribution is -2.16. The summed E-state index contributed by atoms with van der Waals surface area (Å²) in [6.07, 6.45) is 0.836. The van der Waals surface area contributed by atoms with E-state index in [2.05, 4.69) is 26.7 Å². The van der Waals surface area contributed by atoms with Crippen LogP contribution in [0.15, 0.2) is 23.6 Å². The van der Waals surface area contributed by atoms with Crippen molar-refractivity contribution in [3.05, 3.63) is 38.6 Å². The van der Waals surface area contributed by atoms with Crippen LogP contribution in [0.5, 0.6) is 0 Å². The fourth-order valence-electron chi connectivity index (χ4n) is 2.07. The van der Waals surface area contributed by atoms with Gasteiger partial charge in [-0.2, -0.15) is 4.98 Å². The molecule has 0 aliphatic rings. The monoisotopic (exact) mass is 338 g/mol. The third-order valence-corrected chi connectivity index (χ3v) is 5.13. The van der Waals surface area contributed by atoms with Crippen molar-refractivity contribution in [2.75, 3.05) is 5.32 Å². The van der Waals surface area contributed by atoms with Gasteiger partial charge >= 0.3 is 0 Å². The molecule has 3 aromatic heterocycles. The first-order valence-electron chi connectivity index (χ1n) is 6.59. The van der Waals surface area contributed by atoms with E-state index in [0.29, 0.717) is 0 Å². The second-order valence-corrected chi connectivity index (χ2v) is 7.39. The van der Waals surface area contributed by atoms with Crippen molar-refractivity contribution in [3.63, 3.8) is 0 Å². The van der Waals surface area contributed by atoms with Crippen LogP contribution < -0.4 is 11.1 Å². The van der Waals surface area contributed by atoms with Gasteiger partial charge in [0.2, 0.25) is 5.28 Å². The molecule has 0 radical (unpaired) electrons. The summed E-state index contributed by atoms with van der Waals surface area (Å²) in [6, 6.07) is 6.31. The Kier molecular flexibility index (Phi) is 4.40. The summed E-state index contributed by atoms with van der Waals surface area (Å²) in [4.78, 5) is 11.1. The number of thiophene rings is 2. The van der Waals surface area contributed by atoms with Gasteiger partial charge in [0.15, 0.2) is 0 Å². The number of aromatic nitrogens is 2. The summed E-state index contributed by atoms with van der Waals surface area (Å²) in [7, 11) is 0. The molecule has 21 heavy (non-hydrogen) atoms. The van der Waals surface area contributed by atoms with Gasteiger partial charge in [0, 0.05) is 15.8 Å². The van der Waals surface area contributed by atoms with Gasteiger partial charge in [-0.3, -0.25) is 0 Å². The molecule has 0 saturated carbocycles. The minimum Gasteiger partial charge on any atom is -0.364 e. The zero-order valence-corrected chi connectivity index (χ0v) is 13.9. The molecule has 3 N–H and O–H groups in total. The molecule has 3 aromatic rings. The van der Waals surface area contributed by atoms with Gasteiger partial charge in [0.05, 0.1) is 16.8 Å². The van der Waals surface area contributed by atoms with Crippen LogP contribution in [0.4, 0.5) is 5.82 Å². The largest absolute Gasteiger partial charge is 0.364 e. The fraction of sp³-hybridized carbons (Fsp3) is 0.286. The van der Waals surface area contributed by atoms with E-state index >= 15 is 0 Å². The number of anilines is 1. The third-order valence-electron chi connectivity index (χ3n) is 2.93. The zero-order chi connectivity index (χ0) is 14.8. The molecule has 3 rings (SSSR count). The van der Waals surface area contributed by atoms with Gasteiger partial charge < -0.3 is 11.1 Å². The van der Waals surface area contributed by atoms with Gasteiger partial charge in [0.25, 0.3) is 0 Å². The molecule has 0 amide bonds. The number of nitrogens with zero attached hydrogens (tertiary/aromatic N) is 2. The third kappa shape index (κ3) is 3.52. The Labute approximate surface area is 136 Å². The first-order valence-corrected chi connectivity index (χ1v) is 8.67. The molecule has 0 bridgehead atoms. The summed E-state index contributed by atoms with van der Waals surface area (Å²) >= 11 is 9.41. The topological polar surface area (TPSA) is 63.8 Å². The van der Waals surface area contributed by atoms with E-state index in [9.17, 15) is 0 Å². The number of rotatable bonds is 5. The molecule has 0 aromatic carbocycles. The van der Waals surface area contributed by atoms with Crippen LogP contribution in [0.25, 0.3) is 10.2 Å². The van der Waals surface area contributed by atoms with E-state index < -0.39 is 0 Å². The second-order valence-electron chi connectivity index (χ2n) is 4.88. The number of nitrogens with one attached hydrogen (secondary N) is 1. The molecule has 1 atom stereocenters. The summed E-state index contributed by atoms with van der Waals surface area (Å²) in [5.41, 5.74) is 6.75. The quantitative estimate of drug-likeness (QED) is 0.692. The fourth-order valence-corrected chi connectivity index (χ4v) is 4.10. The van der Waals surface area contributed by atoms with Gasteiger partial charge in [0.1, 0.15) is 5.82 Å². The molecule has 4 nitrogen and oxygen atoms in total. The van der Waals surface area contributed by atoms with Crippen LogP contribution in [-0.4, -0.2) is 16.0 Å². The molecule has 0 aliphatic heterocycles. The van der Waals surface area contributed by atoms with E-state index in [1.807, 2.05) is 19.1 Å². The number of fused-ring (bicyclic) bond motifs is 1. The van der Waals surface area contributed by atoms with Gasteiger partial charge in [-0.1, -0.05) is 6.07 Å². The van der Waals surface area contributed by atoms with E-state index in [-0.39, 0.29) is 11.3 Å². The van der Waals surface area contributed by atoms with Crippen LogP contribution in [0.2, 0.25) is 5.28 Å². The Morgan fingerprint density at radius 1 is 1.38 bits per heavy atom. The van der Waals surface area contributed by atoms with E-state index in [1.165, 1.54) is 9.75 Å². The first kappa shape index (κ1) is 14.7. The number of hydrogen-bond donors (Lipinski definition) is 2. The summed E-state index contributed by atoms with van der Waals surface area (Å²) < 4.78 is 1.03. The second kappa shape index (κ2) is 6.27. The minimum absolute atomic E-state index is 0.129. The smallest absolute Gasteiger partial charge is 0.224 e. The SMILES string of the molecule is CC(N)Cc1cc2nc(Cl)nc(NCc3cccs3)c2s1. The number of hydrogen-bond acceptors (Lipinski definition) is 6. The predicted octanol–water partition coefficient (Wildman–Crippen LogP) is 3.91. The van der Waals surface area contributed by atoms with Crippen molar-refractivity contribution in [1.82, 2.24) is 9.97 Å². The molecule has 0 fully saturated rings. The Balaban J connectivity index is 1.90. The van der Waals surface area contributed by atoms with Crippen LogP contribution >= 0.6 is 34.3 Å². The van der Waals surface area contributed by atoms with E-state index in [4.69, 9.17) is 17.3 Å². The molecule has 1 unspecified atom stereocenters. The van der Waals surface area contributed by atoms with Crippen LogP contribution in [0, 0.1) is 0 Å². The molecular formula is C14H15ClN4S2. The van der Waals surface area contributed by atoms with Crippen molar-refractivity contribution in [2.24, 2.45) is 5.73 Å². The normalized spacial score (nSPS) is 12.7. The van der Waals surface area contributed by atoms with E-state index in [1.54, 1.807) is 22.7 Å². The molecule has 0 spiro atoms. The maximum absolute atomic E-state index is 6.02. The highest BCUT2D eigenvalue weighted by molar-refractivity contribution is 7.19. The summed E-state index contributed by atoms with van der Waals surface area (Å²) in [5.74, 6) is 0.791. The van der Waals surface area contributed by atoms with E-state index in [0.717, 1.165) is 29.0 Å². The van der Waals surface area contributed by atoms with Crippen molar-refractivity contribution < 1.29 is 0 Å². The highest BCUT2D eigenvalue weighted by atomic mass is 35.5. The molecule has 0 saturated heterocycles. The summed E-state index contributed by atoms with van der Waals surface area (Å²) in [5, 5.41) is 5.68. The molecule has 0 aliphatic carbocycles. The number of nitrogens with two attached hydrogens (primary N) is 1. The lowest BCUT2D eigenvalue weighted by atomic mass is 10.2. The Bertz CT molecular complexity index is 737.